The topological polar surface area (TPSA) is 104 Å². The molecule has 0 amide bonds. The Morgan fingerprint density at radius 1 is 1.20 bits per heavy atom. The van der Waals surface area contributed by atoms with Gasteiger partial charge in [0.05, 0.1) is 50.7 Å². The molecule has 4 fully saturated rings. The number of methoxy groups -OCH3 is 1. The van der Waals surface area contributed by atoms with Crippen LogP contribution in [0, 0.1) is 28.1 Å². The molecule has 2 saturated carbocycles. The van der Waals surface area contributed by atoms with Crippen LogP contribution in [0.1, 0.15) is 72.3 Å². The smallest absolute Gasteiger partial charge is 0.330 e. The van der Waals surface area contributed by atoms with Gasteiger partial charge in [-0.15, -0.1) is 0 Å². The molecule has 0 spiro atoms. The number of ether oxygens (including phenoxy) is 4. The highest BCUT2D eigenvalue weighted by molar-refractivity contribution is 5.82. The second-order valence-corrected chi connectivity index (χ2v) is 13.6. The Kier molecular flexibility index (Phi) is 6.45. The van der Waals surface area contributed by atoms with E-state index in [4.69, 9.17) is 23.4 Å². The van der Waals surface area contributed by atoms with Gasteiger partial charge in [0, 0.05) is 47.0 Å². The number of carbonyl (C=O) groups is 2. The fraction of sp³-hybridized carbons (Fsp3) is 0.688. The van der Waals surface area contributed by atoms with Crippen molar-refractivity contribution in [2.24, 2.45) is 28.1 Å². The quantitative estimate of drug-likeness (QED) is 0.317. The molecule has 3 heterocycles. The molecule has 1 N–H and O–H groups in total. The van der Waals surface area contributed by atoms with E-state index in [9.17, 15) is 14.7 Å². The molecule has 218 valence electrons. The van der Waals surface area contributed by atoms with Crippen LogP contribution in [0.25, 0.3) is 0 Å². The summed E-state index contributed by atoms with van der Waals surface area (Å²) in [6.45, 7) is 12.7. The van der Waals surface area contributed by atoms with Gasteiger partial charge in [0.15, 0.2) is 0 Å². The third kappa shape index (κ3) is 3.61. The van der Waals surface area contributed by atoms with Crippen molar-refractivity contribution >= 4 is 11.9 Å². The zero-order chi connectivity index (χ0) is 28.8. The average Bonchev–Trinajstić information content (AvgIpc) is 3.65. The predicted octanol–water partition coefficient (Wildman–Crippen LogP) is 4.72. The molecule has 0 radical (unpaired) electrons. The van der Waals surface area contributed by atoms with Crippen LogP contribution >= 0.6 is 0 Å². The van der Waals surface area contributed by atoms with Gasteiger partial charge in [0.1, 0.15) is 6.10 Å². The van der Waals surface area contributed by atoms with Gasteiger partial charge >= 0.3 is 11.9 Å². The lowest BCUT2D eigenvalue weighted by Crippen LogP contribution is -2.70. The summed E-state index contributed by atoms with van der Waals surface area (Å²) in [6.07, 6.45) is 4.13. The van der Waals surface area contributed by atoms with E-state index in [0.717, 1.165) is 17.6 Å². The van der Waals surface area contributed by atoms with Crippen LogP contribution in [-0.2, 0) is 28.5 Å². The van der Waals surface area contributed by atoms with Crippen molar-refractivity contribution in [3.63, 3.8) is 0 Å². The number of allylic oxidation sites excluding steroid dienone is 2. The van der Waals surface area contributed by atoms with Crippen molar-refractivity contribution in [2.45, 2.75) is 97.2 Å². The summed E-state index contributed by atoms with van der Waals surface area (Å²) in [7, 11) is 1.42. The van der Waals surface area contributed by atoms with Crippen molar-refractivity contribution in [1.82, 2.24) is 0 Å². The molecule has 1 aromatic heterocycles. The lowest BCUT2D eigenvalue weighted by atomic mass is 9.40. The number of rotatable bonds is 5. The second-order valence-electron chi connectivity index (χ2n) is 13.6. The third-order valence-electron chi connectivity index (χ3n) is 11.4. The number of aliphatic hydroxyl groups is 1. The number of esters is 2. The van der Waals surface area contributed by atoms with Crippen LogP contribution < -0.4 is 0 Å². The zero-order valence-electron chi connectivity index (χ0n) is 24.6. The Bertz CT molecular complexity index is 1260. The van der Waals surface area contributed by atoms with Crippen LogP contribution in [0.4, 0.5) is 0 Å². The SMILES string of the molecule is COC(=O)C[C@H]1[C@]2(C)C3=C(C)C(c4ccoc4)C[C@H]3O[C@@H]2[C@@H]2OC[C@]3(C)[C@H](O)CC(OC(=O)C=C(C)C)[C@@]1(C)[C@@H]23. The summed E-state index contributed by atoms with van der Waals surface area (Å²) in [4.78, 5) is 26.2. The Morgan fingerprint density at radius 2 is 1.95 bits per heavy atom. The van der Waals surface area contributed by atoms with Crippen molar-refractivity contribution in [3.8, 4) is 0 Å². The predicted molar refractivity (Wildman–Crippen MR) is 145 cm³/mol. The van der Waals surface area contributed by atoms with E-state index in [1.807, 2.05) is 19.9 Å². The monoisotopic (exact) mass is 554 g/mol. The molecular formula is C32H42O8. The molecule has 8 nitrogen and oxygen atoms in total. The van der Waals surface area contributed by atoms with E-state index in [0.29, 0.717) is 6.61 Å². The van der Waals surface area contributed by atoms with E-state index in [2.05, 4.69) is 27.7 Å². The normalized spacial score (nSPS) is 45.0. The highest BCUT2D eigenvalue weighted by Crippen LogP contribution is 2.73. The Balaban J connectivity index is 1.53. The first-order valence-corrected chi connectivity index (χ1v) is 14.5. The zero-order valence-corrected chi connectivity index (χ0v) is 24.6. The fourth-order valence-electron chi connectivity index (χ4n) is 9.73. The first kappa shape index (κ1) is 27.7. The Labute approximate surface area is 236 Å². The van der Waals surface area contributed by atoms with Crippen molar-refractivity contribution in [1.29, 1.82) is 0 Å². The average molecular weight is 555 g/mol. The molecule has 5 aliphatic rings. The molecule has 40 heavy (non-hydrogen) atoms. The van der Waals surface area contributed by atoms with Crippen LogP contribution in [0.15, 0.2) is 45.8 Å². The van der Waals surface area contributed by atoms with E-state index >= 15 is 0 Å². The minimum absolute atomic E-state index is 0.120. The van der Waals surface area contributed by atoms with Gasteiger partial charge in [-0.3, -0.25) is 4.79 Å². The first-order valence-electron chi connectivity index (χ1n) is 14.5. The summed E-state index contributed by atoms with van der Waals surface area (Å²) in [6, 6.07) is 2.01. The molecule has 0 bridgehead atoms. The van der Waals surface area contributed by atoms with E-state index < -0.39 is 34.4 Å². The number of hydrogen-bond acceptors (Lipinski definition) is 8. The third-order valence-corrected chi connectivity index (χ3v) is 11.4. The molecule has 11 atom stereocenters. The van der Waals surface area contributed by atoms with Crippen molar-refractivity contribution in [3.05, 3.63) is 47.0 Å². The van der Waals surface area contributed by atoms with Crippen LogP contribution in [0.3, 0.4) is 0 Å². The van der Waals surface area contributed by atoms with Crippen LogP contribution in [0.5, 0.6) is 0 Å². The number of fused-ring (bicyclic) bond motifs is 4. The van der Waals surface area contributed by atoms with Gasteiger partial charge in [-0.05, 0) is 50.3 Å². The maximum absolute atomic E-state index is 13.2. The highest BCUT2D eigenvalue weighted by atomic mass is 16.6. The summed E-state index contributed by atoms with van der Waals surface area (Å²) < 4.78 is 30.4. The largest absolute Gasteiger partial charge is 0.472 e. The standard InChI is InChI=1S/C32H42O8/c1-16(2)10-25(35)40-23-13-22(33)30(4)15-38-27-28(30)31(23,5)21(12-24(34)36-7)32(6)26-17(3)19(18-8-9-37-14-18)11-20(26)39-29(27)32/h8-10,14,19-23,27-29,33H,11-13,15H2,1-7H3/t19?,20-,21-,22-,23?,27-,28+,29-,30-,31+,32-/m1/s1. The lowest BCUT2D eigenvalue weighted by Gasteiger charge is -2.65. The summed E-state index contributed by atoms with van der Waals surface area (Å²) in [5.41, 5.74) is 2.57. The van der Waals surface area contributed by atoms with Gasteiger partial charge in [-0.2, -0.15) is 0 Å². The number of aliphatic hydroxyl groups excluding tert-OH is 1. The number of furan rings is 1. The molecule has 3 aliphatic carbocycles. The molecular weight excluding hydrogens is 512 g/mol. The minimum atomic E-state index is -0.726. The van der Waals surface area contributed by atoms with Gasteiger partial charge in [-0.25, -0.2) is 4.79 Å². The molecule has 6 rings (SSSR count). The second kappa shape index (κ2) is 9.30. The summed E-state index contributed by atoms with van der Waals surface area (Å²) >= 11 is 0. The van der Waals surface area contributed by atoms with Crippen LogP contribution in [-0.4, -0.2) is 61.3 Å². The van der Waals surface area contributed by atoms with E-state index in [1.54, 1.807) is 12.5 Å². The maximum atomic E-state index is 13.2. The highest BCUT2D eigenvalue weighted by Gasteiger charge is 2.78. The Morgan fingerprint density at radius 3 is 2.60 bits per heavy atom. The fourth-order valence-corrected chi connectivity index (χ4v) is 9.73. The van der Waals surface area contributed by atoms with E-state index in [1.165, 1.54) is 24.3 Å². The number of carbonyl (C=O) groups excluding carboxylic acids is 2. The van der Waals surface area contributed by atoms with E-state index in [-0.39, 0.29) is 54.9 Å². The molecule has 0 aromatic carbocycles. The summed E-state index contributed by atoms with van der Waals surface area (Å²) in [5.74, 6) is -1.05. The molecule has 2 saturated heterocycles. The Hall–Kier alpha value is -2.42. The van der Waals surface area contributed by atoms with Crippen LogP contribution in [0.2, 0.25) is 0 Å². The van der Waals surface area contributed by atoms with Gasteiger partial charge in [0.25, 0.3) is 0 Å². The van der Waals surface area contributed by atoms with Crippen molar-refractivity contribution < 1.29 is 38.1 Å². The van der Waals surface area contributed by atoms with Gasteiger partial charge in [0.2, 0.25) is 0 Å². The maximum Gasteiger partial charge on any atom is 0.330 e. The molecule has 8 heteroatoms. The van der Waals surface area contributed by atoms with Gasteiger partial charge in [-0.1, -0.05) is 31.9 Å². The lowest BCUT2D eigenvalue weighted by molar-refractivity contribution is -0.248. The minimum Gasteiger partial charge on any atom is -0.472 e. The van der Waals surface area contributed by atoms with Crippen molar-refractivity contribution in [2.75, 3.05) is 13.7 Å². The number of hydrogen-bond donors (Lipinski definition) is 1. The van der Waals surface area contributed by atoms with Gasteiger partial charge < -0.3 is 28.5 Å². The molecule has 2 aliphatic heterocycles. The first-order chi connectivity index (χ1) is 18.9. The summed E-state index contributed by atoms with van der Waals surface area (Å²) in [5, 5.41) is 11.5. The molecule has 1 aromatic rings. The molecule has 2 unspecified atom stereocenters.